The number of hydrogen-bond acceptors (Lipinski definition) is 4. The standard InChI is InChI=1S/C18H13Br2NO3S/c1-24-15-6-5-11(8-14(15)20)9-16-17(22)21(18(23)25-16)10-12-3-2-4-13(19)7-12/h2-9H,10H2,1H3/b16-9+. The van der Waals surface area contributed by atoms with Crippen LogP contribution in [0.5, 0.6) is 5.75 Å². The van der Waals surface area contributed by atoms with Crippen LogP contribution in [0.1, 0.15) is 11.1 Å². The van der Waals surface area contributed by atoms with Gasteiger partial charge in [0.15, 0.2) is 0 Å². The first kappa shape index (κ1) is 18.2. The third kappa shape index (κ3) is 4.16. The number of rotatable bonds is 4. The van der Waals surface area contributed by atoms with Gasteiger partial charge in [-0.3, -0.25) is 14.5 Å². The lowest BCUT2D eigenvalue weighted by atomic mass is 10.2. The van der Waals surface area contributed by atoms with Crippen molar-refractivity contribution >= 4 is 60.8 Å². The van der Waals surface area contributed by atoms with Crippen molar-refractivity contribution in [3.63, 3.8) is 0 Å². The summed E-state index contributed by atoms with van der Waals surface area (Å²) < 4.78 is 6.90. The van der Waals surface area contributed by atoms with E-state index in [1.807, 2.05) is 42.5 Å². The van der Waals surface area contributed by atoms with Crippen molar-refractivity contribution in [3.05, 3.63) is 67.4 Å². The molecule has 1 saturated heterocycles. The maximum absolute atomic E-state index is 12.6. The molecule has 3 rings (SSSR count). The summed E-state index contributed by atoms with van der Waals surface area (Å²) in [5.41, 5.74) is 1.71. The van der Waals surface area contributed by atoms with Crippen molar-refractivity contribution < 1.29 is 14.3 Å². The van der Waals surface area contributed by atoms with Crippen molar-refractivity contribution in [2.75, 3.05) is 7.11 Å². The zero-order valence-corrected chi connectivity index (χ0v) is 17.2. The molecule has 0 spiro atoms. The molecule has 4 nitrogen and oxygen atoms in total. The molecule has 0 aromatic heterocycles. The Hall–Kier alpha value is -1.57. The Morgan fingerprint density at radius 1 is 1.16 bits per heavy atom. The van der Waals surface area contributed by atoms with Crippen molar-refractivity contribution in [3.8, 4) is 5.75 Å². The lowest BCUT2D eigenvalue weighted by Gasteiger charge is -2.12. The second kappa shape index (κ2) is 7.76. The maximum atomic E-state index is 12.6. The van der Waals surface area contributed by atoms with Gasteiger partial charge in [-0.2, -0.15) is 0 Å². The van der Waals surface area contributed by atoms with Crippen LogP contribution in [0.2, 0.25) is 0 Å². The number of halogens is 2. The first-order valence-electron chi connectivity index (χ1n) is 7.31. The number of thioether (sulfide) groups is 1. The lowest BCUT2D eigenvalue weighted by Crippen LogP contribution is -2.27. The number of carbonyl (C=O) groups excluding carboxylic acids is 2. The predicted molar refractivity (Wildman–Crippen MR) is 106 cm³/mol. The van der Waals surface area contributed by atoms with Crippen molar-refractivity contribution in [2.45, 2.75) is 6.54 Å². The summed E-state index contributed by atoms with van der Waals surface area (Å²) in [5, 5.41) is -0.260. The fourth-order valence-corrected chi connectivity index (χ4v) is 4.22. The largest absolute Gasteiger partial charge is 0.496 e. The molecular weight excluding hydrogens is 470 g/mol. The van der Waals surface area contributed by atoms with E-state index in [2.05, 4.69) is 31.9 Å². The predicted octanol–water partition coefficient (Wildman–Crippen LogP) is 5.46. The van der Waals surface area contributed by atoms with Crippen LogP contribution < -0.4 is 4.74 Å². The number of ether oxygens (including phenoxy) is 1. The van der Waals surface area contributed by atoms with Gasteiger partial charge in [0.1, 0.15) is 5.75 Å². The van der Waals surface area contributed by atoms with Gasteiger partial charge in [0.05, 0.1) is 23.0 Å². The van der Waals surface area contributed by atoms with Gasteiger partial charge in [0, 0.05) is 4.47 Å². The highest BCUT2D eigenvalue weighted by Crippen LogP contribution is 2.34. The van der Waals surface area contributed by atoms with E-state index in [1.54, 1.807) is 13.2 Å². The number of methoxy groups -OCH3 is 1. The number of amides is 2. The quantitative estimate of drug-likeness (QED) is 0.543. The molecule has 1 aliphatic rings. The molecule has 0 aliphatic carbocycles. The molecule has 1 aliphatic heterocycles. The number of hydrogen-bond donors (Lipinski definition) is 0. The number of imide groups is 1. The van der Waals surface area contributed by atoms with Crippen LogP contribution in [-0.2, 0) is 11.3 Å². The van der Waals surface area contributed by atoms with Gasteiger partial charge in [-0.15, -0.1) is 0 Å². The van der Waals surface area contributed by atoms with Gasteiger partial charge >= 0.3 is 0 Å². The first-order valence-corrected chi connectivity index (χ1v) is 9.71. The van der Waals surface area contributed by atoms with E-state index in [0.29, 0.717) is 10.7 Å². The minimum Gasteiger partial charge on any atom is -0.496 e. The van der Waals surface area contributed by atoms with E-state index in [-0.39, 0.29) is 17.7 Å². The molecule has 25 heavy (non-hydrogen) atoms. The Morgan fingerprint density at radius 3 is 2.64 bits per heavy atom. The maximum Gasteiger partial charge on any atom is 0.293 e. The molecule has 0 unspecified atom stereocenters. The van der Waals surface area contributed by atoms with Crippen LogP contribution in [0.25, 0.3) is 6.08 Å². The summed E-state index contributed by atoms with van der Waals surface area (Å²) >= 11 is 7.77. The summed E-state index contributed by atoms with van der Waals surface area (Å²) in [6.45, 7) is 0.258. The monoisotopic (exact) mass is 481 g/mol. The molecule has 0 N–H and O–H groups in total. The third-order valence-electron chi connectivity index (χ3n) is 3.58. The van der Waals surface area contributed by atoms with E-state index in [9.17, 15) is 9.59 Å². The molecule has 2 aromatic carbocycles. The van der Waals surface area contributed by atoms with Crippen LogP contribution in [0.4, 0.5) is 4.79 Å². The molecule has 2 amide bonds. The summed E-state index contributed by atoms with van der Waals surface area (Å²) in [7, 11) is 1.59. The highest BCUT2D eigenvalue weighted by molar-refractivity contribution is 9.10. The molecule has 1 heterocycles. The summed E-state index contributed by atoms with van der Waals surface area (Å²) in [6, 6.07) is 13.1. The molecule has 7 heteroatoms. The van der Waals surface area contributed by atoms with Crippen LogP contribution >= 0.6 is 43.6 Å². The minimum atomic E-state index is -0.276. The van der Waals surface area contributed by atoms with Crippen molar-refractivity contribution in [2.24, 2.45) is 0 Å². The third-order valence-corrected chi connectivity index (χ3v) is 5.60. The van der Waals surface area contributed by atoms with Gasteiger partial charge in [-0.25, -0.2) is 0 Å². The normalized spacial score (nSPS) is 16.0. The summed E-state index contributed by atoms with van der Waals surface area (Å²) in [6.07, 6.45) is 1.72. The smallest absolute Gasteiger partial charge is 0.293 e. The topological polar surface area (TPSA) is 46.6 Å². The fraction of sp³-hybridized carbons (Fsp3) is 0.111. The average Bonchev–Trinajstić information content (AvgIpc) is 2.83. The number of carbonyl (C=O) groups is 2. The van der Waals surface area contributed by atoms with Gasteiger partial charge in [-0.1, -0.05) is 34.1 Å². The Kier molecular flexibility index (Phi) is 5.66. The van der Waals surface area contributed by atoms with E-state index in [1.165, 1.54) is 4.90 Å². The Bertz CT molecular complexity index is 882. The van der Waals surface area contributed by atoms with E-state index in [0.717, 1.165) is 31.8 Å². The van der Waals surface area contributed by atoms with E-state index < -0.39 is 0 Å². The minimum absolute atomic E-state index is 0.258. The fourth-order valence-electron chi connectivity index (χ4n) is 2.38. The average molecular weight is 483 g/mol. The van der Waals surface area contributed by atoms with Crippen molar-refractivity contribution in [1.29, 1.82) is 0 Å². The second-order valence-corrected chi connectivity index (χ2v) is 8.05. The van der Waals surface area contributed by atoms with Crippen LogP contribution in [0.15, 0.2) is 56.3 Å². The first-order chi connectivity index (χ1) is 12.0. The molecule has 0 bridgehead atoms. The Morgan fingerprint density at radius 2 is 1.96 bits per heavy atom. The molecule has 0 radical (unpaired) electrons. The highest BCUT2D eigenvalue weighted by Gasteiger charge is 2.35. The summed E-state index contributed by atoms with van der Waals surface area (Å²) in [5.74, 6) is 0.432. The molecule has 0 atom stereocenters. The van der Waals surface area contributed by atoms with Crippen LogP contribution in [0, 0.1) is 0 Å². The van der Waals surface area contributed by atoms with Crippen LogP contribution in [-0.4, -0.2) is 23.2 Å². The van der Waals surface area contributed by atoms with E-state index >= 15 is 0 Å². The van der Waals surface area contributed by atoms with Gasteiger partial charge in [0.2, 0.25) is 0 Å². The molecular formula is C18H13Br2NO3S. The molecule has 2 aromatic rings. The van der Waals surface area contributed by atoms with Crippen LogP contribution in [0.3, 0.4) is 0 Å². The molecule has 128 valence electrons. The van der Waals surface area contributed by atoms with E-state index in [4.69, 9.17) is 4.74 Å². The summed E-state index contributed by atoms with van der Waals surface area (Å²) in [4.78, 5) is 26.5. The zero-order chi connectivity index (χ0) is 18.0. The number of nitrogens with zero attached hydrogens (tertiary/aromatic N) is 1. The highest BCUT2D eigenvalue weighted by atomic mass is 79.9. The van der Waals surface area contributed by atoms with Gasteiger partial charge < -0.3 is 4.74 Å². The molecule has 0 saturated carbocycles. The Balaban J connectivity index is 1.82. The molecule has 1 fully saturated rings. The SMILES string of the molecule is COc1ccc(/C=C2/SC(=O)N(Cc3cccc(Br)c3)C2=O)cc1Br. The second-order valence-electron chi connectivity index (χ2n) is 5.29. The zero-order valence-electron chi connectivity index (χ0n) is 13.2. The van der Waals surface area contributed by atoms with Gasteiger partial charge in [0.25, 0.3) is 11.1 Å². The van der Waals surface area contributed by atoms with Gasteiger partial charge in [-0.05, 0) is 69.2 Å². The number of benzene rings is 2. The van der Waals surface area contributed by atoms with Crippen molar-refractivity contribution in [1.82, 2.24) is 4.90 Å². The lowest BCUT2D eigenvalue weighted by molar-refractivity contribution is -0.123. The Labute approximate surface area is 166 Å².